The highest BCUT2D eigenvalue weighted by atomic mass is 79.9. The molecule has 0 aliphatic carbocycles. The number of ether oxygens (including phenoxy) is 1. The van der Waals surface area contributed by atoms with Gasteiger partial charge in [0, 0.05) is 22.9 Å². The molecule has 0 amide bonds. The molecule has 0 bridgehead atoms. The number of hydrogen-bond acceptors (Lipinski definition) is 3. The van der Waals surface area contributed by atoms with Crippen LogP contribution in [0.5, 0.6) is 0 Å². The minimum Gasteiger partial charge on any atom is -0.378 e. The molecule has 0 atom stereocenters. The summed E-state index contributed by atoms with van der Waals surface area (Å²) >= 11 is 3.63. The maximum atomic E-state index is 5.37. The summed E-state index contributed by atoms with van der Waals surface area (Å²) in [6.07, 6.45) is 0. The highest BCUT2D eigenvalue weighted by molar-refractivity contribution is 9.10. The molecule has 1 aromatic carbocycles. The van der Waals surface area contributed by atoms with E-state index in [1.54, 1.807) is 0 Å². The third kappa shape index (κ3) is 2.10. The van der Waals surface area contributed by atoms with Crippen molar-refractivity contribution in [2.24, 2.45) is 0 Å². The fourth-order valence-corrected chi connectivity index (χ4v) is 2.70. The standard InChI is InChI=1S/C14H15BrN2O/c1-10-2-4-12-11(14(10)15)3-5-13(16-12)17-6-8-18-9-7-17/h2-5H,6-9H2,1H3. The van der Waals surface area contributed by atoms with Crippen molar-refractivity contribution in [3.8, 4) is 0 Å². The van der Waals surface area contributed by atoms with Gasteiger partial charge in [0.1, 0.15) is 5.82 Å². The highest BCUT2D eigenvalue weighted by Gasteiger charge is 2.13. The molecule has 1 aliphatic rings. The Labute approximate surface area is 115 Å². The summed E-state index contributed by atoms with van der Waals surface area (Å²) in [5, 5.41) is 1.17. The highest BCUT2D eigenvalue weighted by Crippen LogP contribution is 2.28. The molecule has 3 rings (SSSR count). The molecule has 1 aromatic heterocycles. The maximum absolute atomic E-state index is 5.37. The number of pyridine rings is 1. The molecule has 0 saturated carbocycles. The van der Waals surface area contributed by atoms with Gasteiger partial charge in [-0.15, -0.1) is 0 Å². The smallest absolute Gasteiger partial charge is 0.129 e. The van der Waals surface area contributed by atoms with Gasteiger partial charge in [-0.25, -0.2) is 4.98 Å². The summed E-state index contributed by atoms with van der Waals surface area (Å²) < 4.78 is 6.51. The molecule has 0 unspecified atom stereocenters. The third-order valence-electron chi connectivity index (χ3n) is 3.32. The van der Waals surface area contributed by atoms with Crippen molar-refractivity contribution in [2.75, 3.05) is 31.2 Å². The van der Waals surface area contributed by atoms with Crippen molar-refractivity contribution >= 4 is 32.7 Å². The first-order chi connectivity index (χ1) is 8.75. The number of hydrogen-bond donors (Lipinski definition) is 0. The lowest BCUT2D eigenvalue weighted by molar-refractivity contribution is 0.122. The largest absolute Gasteiger partial charge is 0.378 e. The van der Waals surface area contributed by atoms with E-state index >= 15 is 0 Å². The Morgan fingerprint density at radius 2 is 1.94 bits per heavy atom. The van der Waals surface area contributed by atoms with Crippen molar-refractivity contribution in [1.29, 1.82) is 0 Å². The number of halogens is 1. The van der Waals surface area contributed by atoms with Crippen LogP contribution >= 0.6 is 15.9 Å². The van der Waals surface area contributed by atoms with Crippen LogP contribution in [0.2, 0.25) is 0 Å². The van der Waals surface area contributed by atoms with E-state index < -0.39 is 0 Å². The zero-order chi connectivity index (χ0) is 12.5. The molecule has 0 radical (unpaired) electrons. The van der Waals surface area contributed by atoms with Gasteiger partial charge in [-0.1, -0.05) is 6.07 Å². The maximum Gasteiger partial charge on any atom is 0.129 e. The second-order valence-corrected chi connectivity index (χ2v) is 5.32. The molecule has 4 heteroatoms. The molecule has 94 valence electrons. The monoisotopic (exact) mass is 306 g/mol. The van der Waals surface area contributed by atoms with Gasteiger partial charge < -0.3 is 9.64 Å². The fourth-order valence-electron chi connectivity index (χ4n) is 2.23. The average Bonchev–Trinajstić information content (AvgIpc) is 2.44. The predicted octanol–water partition coefficient (Wildman–Crippen LogP) is 3.14. The number of fused-ring (bicyclic) bond motifs is 1. The van der Waals surface area contributed by atoms with Crippen molar-refractivity contribution in [1.82, 2.24) is 4.98 Å². The average molecular weight is 307 g/mol. The summed E-state index contributed by atoms with van der Waals surface area (Å²) in [5.41, 5.74) is 2.28. The van der Waals surface area contributed by atoms with Gasteiger partial charge in [0.25, 0.3) is 0 Å². The van der Waals surface area contributed by atoms with Crippen LogP contribution < -0.4 is 4.90 Å². The van der Waals surface area contributed by atoms with Gasteiger partial charge in [-0.05, 0) is 46.6 Å². The van der Waals surface area contributed by atoms with E-state index in [0.29, 0.717) is 0 Å². The minimum absolute atomic E-state index is 0.789. The van der Waals surface area contributed by atoms with E-state index in [0.717, 1.165) is 42.1 Å². The third-order valence-corrected chi connectivity index (χ3v) is 4.37. The summed E-state index contributed by atoms with van der Waals surface area (Å²) in [5.74, 6) is 1.04. The molecule has 1 aliphatic heterocycles. The molecule has 1 saturated heterocycles. The van der Waals surface area contributed by atoms with Crippen LogP contribution in [0.3, 0.4) is 0 Å². The van der Waals surface area contributed by atoms with Crippen molar-refractivity contribution in [3.05, 3.63) is 34.3 Å². The SMILES string of the molecule is Cc1ccc2nc(N3CCOCC3)ccc2c1Br. The summed E-state index contributed by atoms with van der Waals surface area (Å²) in [6.45, 7) is 5.52. The van der Waals surface area contributed by atoms with Crippen LogP contribution in [0.1, 0.15) is 5.56 Å². The summed E-state index contributed by atoms with van der Waals surface area (Å²) in [6, 6.07) is 8.42. The number of aryl methyl sites for hydroxylation is 1. The summed E-state index contributed by atoms with van der Waals surface area (Å²) in [4.78, 5) is 7.02. The van der Waals surface area contributed by atoms with Gasteiger partial charge in [0.2, 0.25) is 0 Å². The molecule has 3 nitrogen and oxygen atoms in total. The second-order valence-electron chi connectivity index (χ2n) is 4.53. The molecule has 0 N–H and O–H groups in total. The minimum atomic E-state index is 0.789. The Morgan fingerprint density at radius 1 is 1.17 bits per heavy atom. The van der Waals surface area contributed by atoms with E-state index in [1.165, 1.54) is 10.9 Å². The van der Waals surface area contributed by atoms with Gasteiger partial charge in [0.15, 0.2) is 0 Å². The van der Waals surface area contributed by atoms with Crippen LogP contribution in [0.25, 0.3) is 10.9 Å². The molecule has 2 aromatic rings. The topological polar surface area (TPSA) is 25.4 Å². The Bertz CT molecular complexity index is 579. The van der Waals surface area contributed by atoms with Crippen LogP contribution in [0.4, 0.5) is 5.82 Å². The van der Waals surface area contributed by atoms with E-state index in [4.69, 9.17) is 9.72 Å². The molecule has 2 heterocycles. The second kappa shape index (κ2) is 4.86. The van der Waals surface area contributed by atoms with Crippen LogP contribution in [0.15, 0.2) is 28.7 Å². The molecular formula is C14H15BrN2O. The summed E-state index contributed by atoms with van der Waals surface area (Å²) in [7, 11) is 0. The van der Waals surface area contributed by atoms with E-state index in [1.807, 2.05) is 0 Å². The normalized spacial score (nSPS) is 16.2. The first-order valence-electron chi connectivity index (χ1n) is 6.14. The van der Waals surface area contributed by atoms with Crippen molar-refractivity contribution in [3.63, 3.8) is 0 Å². The number of benzene rings is 1. The number of rotatable bonds is 1. The Balaban J connectivity index is 2.03. The van der Waals surface area contributed by atoms with Crippen LogP contribution in [-0.4, -0.2) is 31.3 Å². The number of nitrogens with zero attached hydrogens (tertiary/aromatic N) is 2. The van der Waals surface area contributed by atoms with Crippen molar-refractivity contribution < 1.29 is 4.74 Å². The molecule has 0 spiro atoms. The van der Waals surface area contributed by atoms with Gasteiger partial charge in [0.05, 0.1) is 18.7 Å². The van der Waals surface area contributed by atoms with E-state index in [9.17, 15) is 0 Å². The number of morpholine rings is 1. The van der Waals surface area contributed by atoms with E-state index in [2.05, 4.69) is 52.0 Å². The van der Waals surface area contributed by atoms with Crippen LogP contribution in [-0.2, 0) is 4.74 Å². The Kier molecular flexibility index (Phi) is 3.22. The zero-order valence-electron chi connectivity index (χ0n) is 10.3. The Hall–Kier alpha value is -1.13. The number of aromatic nitrogens is 1. The van der Waals surface area contributed by atoms with E-state index in [-0.39, 0.29) is 0 Å². The number of anilines is 1. The first-order valence-corrected chi connectivity index (χ1v) is 6.93. The van der Waals surface area contributed by atoms with Gasteiger partial charge in [-0.3, -0.25) is 0 Å². The van der Waals surface area contributed by atoms with Gasteiger partial charge in [-0.2, -0.15) is 0 Å². The Morgan fingerprint density at radius 3 is 2.72 bits per heavy atom. The molecular weight excluding hydrogens is 292 g/mol. The lowest BCUT2D eigenvalue weighted by atomic mass is 10.1. The lowest BCUT2D eigenvalue weighted by Gasteiger charge is -2.28. The zero-order valence-corrected chi connectivity index (χ0v) is 11.9. The lowest BCUT2D eigenvalue weighted by Crippen LogP contribution is -2.36. The molecule has 1 fully saturated rings. The molecule has 18 heavy (non-hydrogen) atoms. The van der Waals surface area contributed by atoms with Crippen molar-refractivity contribution in [2.45, 2.75) is 6.92 Å². The first kappa shape index (κ1) is 11.9. The van der Waals surface area contributed by atoms with Gasteiger partial charge >= 0.3 is 0 Å². The quantitative estimate of drug-likeness (QED) is 0.809. The fraction of sp³-hybridized carbons (Fsp3) is 0.357. The predicted molar refractivity (Wildman–Crippen MR) is 77.2 cm³/mol. The van der Waals surface area contributed by atoms with Crippen LogP contribution in [0, 0.1) is 6.92 Å².